The summed E-state index contributed by atoms with van der Waals surface area (Å²) in [6.45, 7) is 2.99. The fraction of sp³-hybridized carbons (Fsp3) is 0.357. The molecular weight excluding hydrogens is 346 g/mol. The van der Waals surface area contributed by atoms with Gasteiger partial charge in [-0.2, -0.15) is 0 Å². The highest BCUT2D eigenvalue weighted by molar-refractivity contribution is 9.10. The fourth-order valence-electron chi connectivity index (χ4n) is 2.24. The highest BCUT2D eigenvalue weighted by Gasteiger charge is 2.22. The molecule has 0 amide bonds. The molecule has 106 valence electrons. The summed E-state index contributed by atoms with van der Waals surface area (Å²) in [5.41, 5.74) is 2.89. The minimum atomic E-state index is -0.539. The zero-order valence-electron chi connectivity index (χ0n) is 10.8. The third kappa shape index (κ3) is 2.39. The van der Waals surface area contributed by atoms with E-state index >= 15 is 0 Å². The maximum absolute atomic E-state index is 9.25. The molecule has 0 saturated carbocycles. The average molecular weight is 359 g/mol. The molecule has 0 spiro atoms. The molecule has 0 fully saturated rings. The minimum Gasteiger partial charge on any atom is -0.475 e. The van der Waals surface area contributed by atoms with Crippen LogP contribution >= 0.6 is 27.5 Å². The van der Waals surface area contributed by atoms with Crippen LogP contribution in [0.1, 0.15) is 18.1 Å². The van der Waals surface area contributed by atoms with Gasteiger partial charge in [-0.15, -0.1) is 0 Å². The molecule has 0 aliphatic carbocycles. The van der Waals surface area contributed by atoms with Crippen molar-refractivity contribution >= 4 is 38.4 Å². The van der Waals surface area contributed by atoms with Crippen molar-refractivity contribution < 1.29 is 14.6 Å². The second-order valence-corrected chi connectivity index (χ2v) is 5.95. The van der Waals surface area contributed by atoms with Crippen molar-refractivity contribution in [3.05, 3.63) is 32.8 Å². The first-order valence-electron chi connectivity index (χ1n) is 6.26. The van der Waals surface area contributed by atoms with Gasteiger partial charge in [-0.1, -0.05) is 11.6 Å². The zero-order chi connectivity index (χ0) is 14.3. The smallest absolute Gasteiger partial charge is 0.213 e. The van der Waals surface area contributed by atoms with Gasteiger partial charge in [-0.3, -0.25) is 0 Å². The molecule has 1 atom stereocenters. The lowest BCUT2D eigenvalue weighted by molar-refractivity contribution is 0.120. The number of aromatic nitrogens is 1. The Labute approximate surface area is 129 Å². The molecule has 1 aromatic heterocycles. The number of pyridine rings is 1. The van der Waals surface area contributed by atoms with Crippen LogP contribution in [0.4, 0.5) is 0 Å². The Morgan fingerprint density at radius 3 is 2.95 bits per heavy atom. The van der Waals surface area contributed by atoms with E-state index < -0.39 is 6.10 Å². The number of halogens is 2. The van der Waals surface area contributed by atoms with Gasteiger partial charge in [0.2, 0.25) is 5.88 Å². The van der Waals surface area contributed by atoms with Crippen LogP contribution < -0.4 is 4.74 Å². The first kappa shape index (κ1) is 14.1. The number of ether oxygens (including phenoxy) is 2. The van der Waals surface area contributed by atoms with Crippen LogP contribution in [0.3, 0.4) is 0 Å². The first-order valence-corrected chi connectivity index (χ1v) is 7.43. The number of hydrogen-bond acceptors (Lipinski definition) is 4. The van der Waals surface area contributed by atoms with E-state index in [1.54, 1.807) is 13.0 Å². The van der Waals surface area contributed by atoms with Crippen LogP contribution in [-0.2, 0) is 18.0 Å². The molecule has 0 radical (unpaired) electrons. The number of aliphatic hydroxyl groups is 1. The van der Waals surface area contributed by atoms with Gasteiger partial charge in [-0.25, -0.2) is 4.98 Å². The van der Waals surface area contributed by atoms with Crippen LogP contribution in [-0.4, -0.2) is 22.8 Å². The molecule has 4 nitrogen and oxygen atoms in total. The number of benzene rings is 1. The molecule has 1 aromatic carbocycles. The Kier molecular flexibility index (Phi) is 3.86. The van der Waals surface area contributed by atoms with Gasteiger partial charge >= 0.3 is 0 Å². The molecule has 1 aliphatic rings. The molecule has 1 aliphatic heterocycles. The summed E-state index contributed by atoms with van der Waals surface area (Å²) in [7, 11) is 0. The zero-order valence-corrected chi connectivity index (χ0v) is 13.2. The lowest BCUT2D eigenvalue weighted by atomic mass is 10.0. The summed E-state index contributed by atoms with van der Waals surface area (Å²) in [4.78, 5) is 4.43. The number of fused-ring (bicyclic) bond motifs is 3. The monoisotopic (exact) mass is 357 g/mol. The molecule has 1 unspecified atom stereocenters. The van der Waals surface area contributed by atoms with E-state index in [9.17, 15) is 5.11 Å². The summed E-state index contributed by atoms with van der Waals surface area (Å²) < 4.78 is 11.7. The average Bonchev–Trinajstić information content (AvgIpc) is 2.92. The molecule has 6 heteroatoms. The van der Waals surface area contributed by atoms with E-state index in [-0.39, 0.29) is 6.61 Å². The van der Waals surface area contributed by atoms with Crippen molar-refractivity contribution in [3.8, 4) is 5.88 Å². The number of nitrogens with zero attached hydrogens (tertiary/aromatic N) is 1. The van der Waals surface area contributed by atoms with E-state index in [1.165, 1.54) is 0 Å². The van der Waals surface area contributed by atoms with Gasteiger partial charge in [0.15, 0.2) is 0 Å². The summed E-state index contributed by atoms with van der Waals surface area (Å²) >= 11 is 9.88. The van der Waals surface area contributed by atoms with Crippen LogP contribution in [0, 0.1) is 0 Å². The standard InChI is InChI=1S/C14H13BrClNO3/c1-7(18)4-20-11-3-2-8-9-5-19-6-10(9)12(15)13(16)14(8)17-11/h2-3,7,18H,4-6H2,1H3. The second-order valence-electron chi connectivity index (χ2n) is 4.78. The van der Waals surface area contributed by atoms with Crippen LogP contribution in [0.5, 0.6) is 5.88 Å². The molecule has 20 heavy (non-hydrogen) atoms. The van der Waals surface area contributed by atoms with Crippen molar-refractivity contribution in [1.82, 2.24) is 4.98 Å². The van der Waals surface area contributed by atoms with Crippen LogP contribution in [0.15, 0.2) is 16.6 Å². The van der Waals surface area contributed by atoms with Crippen LogP contribution in [0.25, 0.3) is 10.9 Å². The van der Waals surface area contributed by atoms with E-state index in [0.29, 0.717) is 29.6 Å². The van der Waals surface area contributed by atoms with Crippen molar-refractivity contribution in [2.45, 2.75) is 26.2 Å². The maximum Gasteiger partial charge on any atom is 0.213 e. The number of rotatable bonds is 3. The molecule has 0 saturated heterocycles. The Morgan fingerprint density at radius 1 is 1.45 bits per heavy atom. The SMILES string of the molecule is CC(O)COc1ccc2c3c(c(Br)c(Cl)c2n1)COC3. The lowest BCUT2D eigenvalue weighted by Crippen LogP contribution is -2.13. The van der Waals surface area contributed by atoms with Gasteiger partial charge in [0, 0.05) is 15.9 Å². The van der Waals surface area contributed by atoms with E-state index in [4.69, 9.17) is 21.1 Å². The van der Waals surface area contributed by atoms with Crippen molar-refractivity contribution in [2.24, 2.45) is 0 Å². The quantitative estimate of drug-likeness (QED) is 0.913. The molecule has 1 N–H and O–H groups in total. The van der Waals surface area contributed by atoms with E-state index in [2.05, 4.69) is 20.9 Å². The Balaban J connectivity index is 2.10. The summed E-state index contributed by atoms with van der Waals surface area (Å²) in [6, 6.07) is 3.72. The Hall–Kier alpha value is -0.880. The maximum atomic E-state index is 9.25. The summed E-state index contributed by atoms with van der Waals surface area (Å²) in [5.74, 6) is 0.450. The highest BCUT2D eigenvalue weighted by Crippen LogP contribution is 2.40. The van der Waals surface area contributed by atoms with Gasteiger partial charge < -0.3 is 14.6 Å². The molecule has 2 aromatic rings. The fourth-order valence-corrected chi connectivity index (χ4v) is 3.04. The van der Waals surface area contributed by atoms with Crippen LogP contribution in [0.2, 0.25) is 5.02 Å². The largest absolute Gasteiger partial charge is 0.475 e. The van der Waals surface area contributed by atoms with Gasteiger partial charge in [0.05, 0.1) is 29.9 Å². The Morgan fingerprint density at radius 2 is 2.20 bits per heavy atom. The highest BCUT2D eigenvalue weighted by atomic mass is 79.9. The van der Waals surface area contributed by atoms with E-state index in [1.807, 2.05) is 6.07 Å². The van der Waals surface area contributed by atoms with Gasteiger partial charge in [-0.05, 0) is 40.0 Å². The first-order chi connectivity index (χ1) is 9.58. The number of aliphatic hydroxyl groups excluding tert-OH is 1. The second kappa shape index (κ2) is 5.48. The predicted molar refractivity (Wildman–Crippen MR) is 80.1 cm³/mol. The topological polar surface area (TPSA) is 51.6 Å². The summed E-state index contributed by atoms with van der Waals surface area (Å²) in [6.07, 6.45) is -0.539. The number of hydrogen-bond donors (Lipinski definition) is 1. The third-order valence-electron chi connectivity index (χ3n) is 3.19. The van der Waals surface area contributed by atoms with Gasteiger partial charge in [0.25, 0.3) is 0 Å². The molecule has 3 rings (SSSR count). The lowest BCUT2D eigenvalue weighted by Gasteiger charge is -2.12. The normalized spacial score (nSPS) is 15.4. The Bertz CT molecular complexity index is 675. The molecule has 0 bridgehead atoms. The summed E-state index contributed by atoms with van der Waals surface area (Å²) in [5, 5.41) is 10.8. The van der Waals surface area contributed by atoms with Crippen molar-refractivity contribution in [2.75, 3.05) is 6.61 Å². The van der Waals surface area contributed by atoms with E-state index in [0.717, 1.165) is 21.0 Å². The predicted octanol–water partition coefficient (Wildman–Crippen LogP) is 3.44. The van der Waals surface area contributed by atoms with Crippen molar-refractivity contribution in [3.63, 3.8) is 0 Å². The third-order valence-corrected chi connectivity index (χ3v) is 4.66. The van der Waals surface area contributed by atoms with Crippen molar-refractivity contribution in [1.29, 1.82) is 0 Å². The molecule has 2 heterocycles. The van der Waals surface area contributed by atoms with Gasteiger partial charge in [0.1, 0.15) is 6.61 Å². The minimum absolute atomic E-state index is 0.200. The molecular formula is C14H13BrClNO3.